The van der Waals surface area contributed by atoms with Crippen LogP contribution in [0.4, 0.5) is 0 Å². The maximum atomic E-state index is 11.5. The van der Waals surface area contributed by atoms with E-state index in [0.29, 0.717) is 6.61 Å². The number of benzene rings is 1. The van der Waals surface area contributed by atoms with Gasteiger partial charge < -0.3 is 9.72 Å². The van der Waals surface area contributed by atoms with Gasteiger partial charge in [0.05, 0.1) is 6.61 Å². The zero-order valence-electron chi connectivity index (χ0n) is 13.2. The summed E-state index contributed by atoms with van der Waals surface area (Å²) in [5.41, 5.74) is 1.68. The summed E-state index contributed by atoms with van der Waals surface area (Å²) in [4.78, 5) is 14.3. The highest BCUT2D eigenvalue weighted by atomic mass is 16.5. The van der Waals surface area contributed by atoms with E-state index in [9.17, 15) is 4.79 Å². The molecule has 0 unspecified atom stereocenters. The summed E-state index contributed by atoms with van der Waals surface area (Å²) in [5.74, 6) is 1.67. The van der Waals surface area contributed by atoms with Crippen molar-refractivity contribution < 1.29 is 4.74 Å². The number of fused-ring (bicyclic) bond motifs is 1. The Kier molecular flexibility index (Phi) is 4.36. The van der Waals surface area contributed by atoms with Gasteiger partial charge in [-0.1, -0.05) is 0 Å². The Hall–Kier alpha value is -2.70. The fourth-order valence-electron chi connectivity index (χ4n) is 2.56. The first-order chi connectivity index (χ1) is 11.2. The zero-order valence-corrected chi connectivity index (χ0v) is 13.2. The van der Waals surface area contributed by atoms with Gasteiger partial charge in [0, 0.05) is 29.9 Å². The molecule has 3 aromatic rings. The summed E-state index contributed by atoms with van der Waals surface area (Å²) in [6.45, 7) is 5.29. The number of nitrogens with zero attached hydrogens (tertiary/aromatic N) is 4. The molecule has 2 heterocycles. The maximum Gasteiger partial charge on any atom is 0.248 e. The zero-order chi connectivity index (χ0) is 16.2. The van der Waals surface area contributed by atoms with Crippen LogP contribution in [0.2, 0.25) is 0 Å². The number of aromatic amines is 1. The van der Waals surface area contributed by atoms with Crippen molar-refractivity contribution in [1.82, 2.24) is 25.2 Å². The molecule has 0 aliphatic rings. The smallest absolute Gasteiger partial charge is 0.248 e. The number of H-pyrrole nitrogens is 1. The van der Waals surface area contributed by atoms with Gasteiger partial charge in [0.1, 0.15) is 5.75 Å². The molecule has 0 spiro atoms. The summed E-state index contributed by atoms with van der Waals surface area (Å²) >= 11 is 0. The van der Waals surface area contributed by atoms with Crippen molar-refractivity contribution in [3.8, 4) is 5.75 Å². The first-order valence-electron chi connectivity index (χ1n) is 7.69. The molecular weight excluding hydrogens is 294 g/mol. The quantitative estimate of drug-likeness (QED) is 0.702. The van der Waals surface area contributed by atoms with Crippen LogP contribution in [0, 0.1) is 6.92 Å². The number of rotatable bonds is 6. The molecule has 0 fully saturated rings. The average molecular weight is 313 g/mol. The van der Waals surface area contributed by atoms with Crippen molar-refractivity contribution in [3.05, 3.63) is 46.0 Å². The van der Waals surface area contributed by atoms with Crippen LogP contribution in [-0.4, -0.2) is 31.8 Å². The van der Waals surface area contributed by atoms with Crippen molar-refractivity contribution in [2.24, 2.45) is 0 Å². The Morgan fingerprint density at radius 2 is 2.17 bits per heavy atom. The molecular formula is C16H19N5O2. The number of aromatic nitrogens is 5. The number of ether oxygens (including phenoxy) is 1. The second kappa shape index (κ2) is 6.60. The summed E-state index contributed by atoms with van der Waals surface area (Å²) in [6.07, 6.45) is 1.61. The highest BCUT2D eigenvalue weighted by Crippen LogP contribution is 2.21. The number of tetrazole rings is 1. The monoisotopic (exact) mass is 313 g/mol. The van der Waals surface area contributed by atoms with Gasteiger partial charge in [-0.25, -0.2) is 4.68 Å². The maximum absolute atomic E-state index is 11.5. The fraction of sp³-hybridized carbons (Fsp3) is 0.375. The van der Waals surface area contributed by atoms with E-state index >= 15 is 0 Å². The van der Waals surface area contributed by atoms with Crippen LogP contribution in [0.15, 0.2) is 29.1 Å². The lowest BCUT2D eigenvalue weighted by Crippen LogP contribution is -2.07. The summed E-state index contributed by atoms with van der Waals surface area (Å²) in [7, 11) is 0. The Bertz CT molecular complexity index is 868. The molecule has 0 saturated carbocycles. The van der Waals surface area contributed by atoms with Crippen molar-refractivity contribution in [2.45, 2.75) is 33.2 Å². The molecule has 0 saturated heterocycles. The molecule has 7 nitrogen and oxygen atoms in total. The molecule has 1 N–H and O–H groups in total. The van der Waals surface area contributed by atoms with E-state index in [1.807, 2.05) is 32.0 Å². The van der Waals surface area contributed by atoms with Gasteiger partial charge in [0.15, 0.2) is 5.82 Å². The Morgan fingerprint density at radius 3 is 3.00 bits per heavy atom. The lowest BCUT2D eigenvalue weighted by Gasteiger charge is -2.08. The molecule has 3 rings (SSSR count). The number of hydrogen-bond acceptors (Lipinski definition) is 5. The lowest BCUT2D eigenvalue weighted by atomic mass is 10.1. The SMILES string of the molecule is CCn1nnnc1CCCOc1ccc2[nH]c(=O)cc(C)c2c1. The van der Waals surface area contributed by atoms with E-state index in [1.54, 1.807) is 10.7 Å². The number of hydrogen-bond donors (Lipinski definition) is 1. The fourth-order valence-corrected chi connectivity index (χ4v) is 2.56. The second-order valence-electron chi connectivity index (χ2n) is 5.39. The minimum absolute atomic E-state index is 0.0858. The van der Waals surface area contributed by atoms with E-state index in [-0.39, 0.29) is 5.56 Å². The van der Waals surface area contributed by atoms with Gasteiger partial charge in [0.25, 0.3) is 0 Å². The molecule has 7 heteroatoms. The van der Waals surface area contributed by atoms with Gasteiger partial charge in [-0.3, -0.25) is 4.79 Å². The summed E-state index contributed by atoms with van der Waals surface area (Å²) < 4.78 is 7.59. The van der Waals surface area contributed by atoms with Crippen LogP contribution in [0.25, 0.3) is 10.9 Å². The van der Waals surface area contributed by atoms with Crippen molar-refractivity contribution >= 4 is 10.9 Å². The molecule has 0 amide bonds. The summed E-state index contributed by atoms with van der Waals surface area (Å²) in [5, 5.41) is 12.6. The number of pyridine rings is 1. The van der Waals surface area contributed by atoms with Gasteiger partial charge in [0.2, 0.25) is 5.56 Å². The van der Waals surface area contributed by atoms with Gasteiger partial charge in [-0.05, 0) is 54.5 Å². The van der Waals surface area contributed by atoms with E-state index in [1.165, 1.54) is 0 Å². The topological polar surface area (TPSA) is 85.7 Å². The van der Waals surface area contributed by atoms with E-state index in [2.05, 4.69) is 20.5 Å². The molecule has 0 aliphatic carbocycles. The van der Waals surface area contributed by atoms with Gasteiger partial charge in [-0.2, -0.15) is 0 Å². The van der Waals surface area contributed by atoms with Crippen molar-refractivity contribution in [2.75, 3.05) is 6.61 Å². The molecule has 2 aromatic heterocycles. The standard InChI is InChI=1S/C16H19N5O2/c1-3-21-15(18-19-20-21)5-4-8-23-12-6-7-14-13(10-12)11(2)9-16(22)17-14/h6-7,9-10H,3-5,8H2,1-2H3,(H,17,22). The van der Waals surface area contributed by atoms with Crippen LogP contribution in [0.5, 0.6) is 5.75 Å². The van der Waals surface area contributed by atoms with Gasteiger partial charge in [-0.15, -0.1) is 5.10 Å². The van der Waals surface area contributed by atoms with Crippen LogP contribution >= 0.6 is 0 Å². The Morgan fingerprint density at radius 1 is 1.30 bits per heavy atom. The Labute approximate surface area is 133 Å². The first kappa shape index (κ1) is 15.2. The highest BCUT2D eigenvalue weighted by molar-refractivity contribution is 5.83. The molecule has 120 valence electrons. The van der Waals surface area contributed by atoms with Crippen molar-refractivity contribution in [1.29, 1.82) is 0 Å². The minimum atomic E-state index is -0.0858. The molecule has 0 aliphatic heterocycles. The normalized spacial score (nSPS) is 11.0. The third-order valence-electron chi connectivity index (χ3n) is 3.74. The average Bonchev–Trinajstić information content (AvgIpc) is 2.99. The van der Waals surface area contributed by atoms with Gasteiger partial charge >= 0.3 is 0 Å². The molecule has 23 heavy (non-hydrogen) atoms. The summed E-state index contributed by atoms with van der Waals surface area (Å²) in [6, 6.07) is 7.29. The van der Waals surface area contributed by atoms with E-state index < -0.39 is 0 Å². The second-order valence-corrected chi connectivity index (χ2v) is 5.39. The number of aryl methyl sites for hydroxylation is 3. The van der Waals surface area contributed by atoms with Crippen LogP contribution < -0.4 is 10.3 Å². The number of nitrogens with one attached hydrogen (secondary N) is 1. The van der Waals surface area contributed by atoms with E-state index in [0.717, 1.165) is 47.4 Å². The molecule has 0 bridgehead atoms. The van der Waals surface area contributed by atoms with E-state index in [4.69, 9.17) is 4.74 Å². The lowest BCUT2D eigenvalue weighted by molar-refractivity contribution is 0.309. The molecule has 0 radical (unpaired) electrons. The van der Waals surface area contributed by atoms with Crippen LogP contribution in [-0.2, 0) is 13.0 Å². The predicted molar refractivity (Wildman–Crippen MR) is 86.6 cm³/mol. The highest BCUT2D eigenvalue weighted by Gasteiger charge is 2.05. The molecule has 1 aromatic carbocycles. The van der Waals surface area contributed by atoms with Crippen LogP contribution in [0.1, 0.15) is 24.7 Å². The molecule has 0 atom stereocenters. The van der Waals surface area contributed by atoms with Crippen molar-refractivity contribution in [3.63, 3.8) is 0 Å². The minimum Gasteiger partial charge on any atom is -0.494 e. The first-order valence-corrected chi connectivity index (χ1v) is 7.69. The largest absolute Gasteiger partial charge is 0.494 e. The Balaban J connectivity index is 1.62. The third kappa shape index (κ3) is 3.39. The third-order valence-corrected chi connectivity index (χ3v) is 3.74. The van der Waals surface area contributed by atoms with Crippen LogP contribution in [0.3, 0.4) is 0 Å². The predicted octanol–water partition coefficient (Wildman–Crippen LogP) is 1.85.